The summed E-state index contributed by atoms with van der Waals surface area (Å²) in [5, 5.41) is 5.64. The maximum atomic E-state index is 12.9. The van der Waals surface area contributed by atoms with E-state index in [4.69, 9.17) is 15.2 Å². The average Bonchev–Trinajstić information content (AvgIpc) is 2.74. The van der Waals surface area contributed by atoms with Gasteiger partial charge in [0.1, 0.15) is 5.75 Å². The molecular formula is C23H32N4O5. The third-order valence-electron chi connectivity index (χ3n) is 5.61. The molecule has 0 saturated carbocycles. The van der Waals surface area contributed by atoms with Crippen LogP contribution in [0.15, 0.2) is 35.5 Å². The number of esters is 1. The van der Waals surface area contributed by atoms with Crippen molar-refractivity contribution in [3.8, 4) is 5.75 Å². The molecule has 1 saturated heterocycles. The van der Waals surface area contributed by atoms with Gasteiger partial charge in [0.15, 0.2) is 0 Å². The van der Waals surface area contributed by atoms with Crippen LogP contribution in [0.1, 0.15) is 45.2 Å². The summed E-state index contributed by atoms with van der Waals surface area (Å²) in [5.41, 5.74) is 7.07. The summed E-state index contributed by atoms with van der Waals surface area (Å²) >= 11 is 0. The van der Waals surface area contributed by atoms with Crippen LogP contribution in [-0.4, -0.2) is 55.2 Å². The van der Waals surface area contributed by atoms with Gasteiger partial charge in [0.2, 0.25) is 5.91 Å². The average molecular weight is 445 g/mol. The first-order valence-electron chi connectivity index (χ1n) is 11.0. The number of piperidine rings is 1. The van der Waals surface area contributed by atoms with Crippen molar-refractivity contribution in [3.63, 3.8) is 0 Å². The minimum Gasteiger partial charge on any atom is -0.491 e. The summed E-state index contributed by atoms with van der Waals surface area (Å²) in [4.78, 5) is 38.9. The van der Waals surface area contributed by atoms with E-state index >= 15 is 0 Å². The maximum absolute atomic E-state index is 12.9. The molecule has 2 aliphatic rings. The van der Waals surface area contributed by atoms with Crippen LogP contribution in [0, 0.1) is 5.92 Å². The molecule has 1 aromatic rings. The summed E-state index contributed by atoms with van der Waals surface area (Å²) in [6.45, 7) is 7.54. The Morgan fingerprint density at radius 3 is 2.41 bits per heavy atom. The summed E-state index contributed by atoms with van der Waals surface area (Å²) in [6, 6.07) is 6.29. The highest BCUT2D eigenvalue weighted by Crippen LogP contribution is 2.30. The van der Waals surface area contributed by atoms with E-state index in [1.54, 1.807) is 6.92 Å². The Morgan fingerprint density at radius 1 is 1.19 bits per heavy atom. The van der Waals surface area contributed by atoms with E-state index < -0.39 is 12.0 Å². The van der Waals surface area contributed by atoms with Gasteiger partial charge in [-0.15, -0.1) is 0 Å². The van der Waals surface area contributed by atoms with Gasteiger partial charge in [-0.25, -0.2) is 9.59 Å². The number of urea groups is 1. The van der Waals surface area contributed by atoms with E-state index in [2.05, 4.69) is 15.5 Å². The number of carbonyl (C=O) groups excluding carboxylic acids is 3. The van der Waals surface area contributed by atoms with Gasteiger partial charge in [0.25, 0.3) is 0 Å². The van der Waals surface area contributed by atoms with Crippen molar-refractivity contribution in [2.75, 3.05) is 26.2 Å². The van der Waals surface area contributed by atoms with Crippen LogP contribution in [0.2, 0.25) is 0 Å². The predicted molar refractivity (Wildman–Crippen MR) is 119 cm³/mol. The molecule has 0 spiro atoms. The van der Waals surface area contributed by atoms with Crippen LogP contribution >= 0.6 is 0 Å². The molecule has 0 bridgehead atoms. The quantitative estimate of drug-likeness (QED) is 0.526. The highest BCUT2D eigenvalue weighted by molar-refractivity contribution is 5.95. The lowest BCUT2D eigenvalue weighted by molar-refractivity contribution is -0.139. The van der Waals surface area contributed by atoms with Crippen LogP contribution in [-0.2, 0) is 14.3 Å². The molecule has 2 aliphatic heterocycles. The molecule has 3 rings (SSSR count). The Morgan fingerprint density at radius 2 is 1.84 bits per heavy atom. The van der Waals surface area contributed by atoms with Crippen molar-refractivity contribution in [2.24, 2.45) is 11.7 Å². The molecule has 9 nitrogen and oxygen atoms in total. The van der Waals surface area contributed by atoms with E-state index in [0.29, 0.717) is 49.5 Å². The van der Waals surface area contributed by atoms with Gasteiger partial charge >= 0.3 is 12.0 Å². The number of nitrogens with two attached hydrogens (primary N) is 1. The first-order chi connectivity index (χ1) is 15.3. The van der Waals surface area contributed by atoms with Crippen molar-refractivity contribution in [1.82, 2.24) is 15.5 Å². The summed E-state index contributed by atoms with van der Waals surface area (Å²) in [7, 11) is 0. The number of amides is 3. The third-order valence-corrected chi connectivity index (χ3v) is 5.61. The molecule has 0 aromatic heterocycles. The zero-order chi connectivity index (χ0) is 23.3. The number of nitrogens with zero attached hydrogens (tertiary/aromatic N) is 1. The number of benzene rings is 1. The first-order valence-corrected chi connectivity index (χ1v) is 11.0. The molecule has 0 radical (unpaired) electrons. The number of carbonyl (C=O) groups is 3. The summed E-state index contributed by atoms with van der Waals surface area (Å²) in [6.07, 6.45) is 1.36. The Hall–Kier alpha value is -3.07. The van der Waals surface area contributed by atoms with E-state index in [1.807, 2.05) is 38.1 Å². The van der Waals surface area contributed by atoms with Crippen LogP contribution in [0.25, 0.3) is 0 Å². The van der Waals surface area contributed by atoms with Gasteiger partial charge in [0, 0.05) is 18.2 Å². The van der Waals surface area contributed by atoms with E-state index in [9.17, 15) is 14.4 Å². The smallest absolute Gasteiger partial charge is 0.338 e. The molecule has 1 aromatic carbocycles. The molecule has 0 aliphatic carbocycles. The first kappa shape index (κ1) is 23.6. The van der Waals surface area contributed by atoms with E-state index in [-0.39, 0.29) is 30.6 Å². The Balaban J connectivity index is 1.87. The van der Waals surface area contributed by atoms with Gasteiger partial charge in [-0.2, -0.15) is 0 Å². The monoisotopic (exact) mass is 444 g/mol. The van der Waals surface area contributed by atoms with E-state index in [0.717, 1.165) is 5.56 Å². The second kappa shape index (κ2) is 10.5. The van der Waals surface area contributed by atoms with Crippen LogP contribution < -0.4 is 21.1 Å². The fraction of sp³-hybridized carbons (Fsp3) is 0.522. The molecule has 1 fully saturated rings. The van der Waals surface area contributed by atoms with Gasteiger partial charge in [-0.1, -0.05) is 12.1 Å². The maximum Gasteiger partial charge on any atom is 0.338 e. The molecule has 32 heavy (non-hydrogen) atoms. The van der Waals surface area contributed by atoms with Crippen LogP contribution in [0.5, 0.6) is 5.75 Å². The van der Waals surface area contributed by atoms with Gasteiger partial charge in [-0.3, -0.25) is 9.69 Å². The lowest BCUT2D eigenvalue weighted by Gasteiger charge is -2.34. The molecule has 0 unspecified atom stereocenters. The SMILES string of the molecule is CCOC(=O)C1=C(CN2CCC(C(N)=O)CC2)NC(=O)N[C@H]1c1ccc(OC(C)C)cc1. The number of nitrogens with one attached hydrogen (secondary N) is 2. The highest BCUT2D eigenvalue weighted by atomic mass is 16.5. The Bertz CT molecular complexity index is 873. The van der Waals surface area contributed by atoms with Crippen molar-refractivity contribution >= 4 is 17.9 Å². The Labute approximate surface area is 188 Å². The number of likely N-dealkylation sites (tertiary alicyclic amines) is 1. The van der Waals surface area contributed by atoms with Crippen LogP contribution in [0.3, 0.4) is 0 Å². The minimum absolute atomic E-state index is 0.0414. The zero-order valence-corrected chi connectivity index (χ0v) is 18.8. The highest BCUT2D eigenvalue weighted by Gasteiger charge is 2.35. The lowest BCUT2D eigenvalue weighted by atomic mass is 9.93. The summed E-state index contributed by atoms with van der Waals surface area (Å²) < 4.78 is 11.0. The standard InChI is InChI=1S/C23H32N4O5/c1-4-31-22(29)19-18(13-27-11-9-16(10-12-27)21(24)28)25-23(30)26-20(19)15-5-7-17(8-6-15)32-14(2)3/h5-8,14,16,20H,4,9-13H2,1-3H3,(H2,24,28)(H2,25,26,30)/t20-/m0/s1. The third kappa shape index (κ3) is 5.79. The van der Waals surface area contributed by atoms with Gasteiger partial charge < -0.3 is 25.8 Å². The van der Waals surface area contributed by atoms with Crippen molar-refractivity contribution in [2.45, 2.75) is 45.8 Å². The predicted octanol–water partition coefficient (Wildman–Crippen LogP) is 1.84. The van der Waals surface area contributed by atoms with Crippen molar-refractivity contribution < 1.29 is 23.9 Å². The molecule has 1 atom stereocenters. The minimum atomic E-state index is -0.644. The number of rotatable bonds is 8. The second-order valence-corrected chi connectivity index (χ2v) is 8.33. The molecule has 174 valence electrons. The van der Waals surface area contributed by atoms with Crippen molar-refractivity contribution in [1.29, 1.82) is 0 Å². The topological polar surface area (TPSA) is 123 Å². The second-order valence-electron chi connectivity index (χ2n) is 8.33. The fourth-order valence-electron chi connectivity index (χ4n) is 4.05. The van der Waals surface area contributed by atoms with Crippen molar-refractivity contribution in [3.05, 3.63) is 41.1 Å². The van der Waals surface area contributed by atoms with E-state index in [1.165, 1.54) is 0 Å². The number of hydrogen-bond acceptors (Lipinski definition) is 6. The Kier molecular flexibility index (Phi) is 7.74. The number of hydrogen-bond donors (Lipinski definition) is 3. The summed E-state index contributed by atoms with van der Waals surface area (Å²) in [5.74, 6) is -0.180. The number of ether oxygens (including phenoxy) is 2. The molecular weight excluding hydrogens is 412 g/mol. The lowest BCUT2D eigenvalue weighted by Crippen LogP contribution is -2.49. The molecule has 4 N–H and O–H groups in total. The van der Waals surface area contributed by atoms with Gasteiger partial charge in [0.05, 0.1) is 24.3 Å². The molecule has 9 heteroatoms. The molecule has 3 amide bonds. The normalized spacial score (nSPS) is 20.0. The molecule has 2 heterocycles. The van der Waals surface area contributed by atoms with Gasteiger partial charge in [-0.05, 0) is 64.4 Å². The zero-order valence-electron chi connectivity index (χ0n) is 18.8. The largest absolute Gasteiger partial charge is 0.491 e. The number of primary amides is 1. The fourth-order valence-corrected chi connectivity index (χ4v) is 4.05. The van der Waals surface area contributed by atoms with Crippen LogP contribution in [0.4, 0.5) is 4.79 Å².